The van der Waals surface area contributed by atoms with Gasteiger partial charge in [-0.1, -0.05) is 20.8 Å². The van der Waals surface area contributed by atoms with Crippen LogP contribution in [0.2, 0.25) is 0 Å². The van der Waals surface area contributed by atoms with Crippen LogP contribution in [0.4, 0.5) is 0 Å². The highest BCUT2D eigenvalue weighted by atomic mass is 16.2. The van der Waals surface area contributed by atoms with Crippen molar-refractivity contribution in [1.82, 2.24) is 24.8 Å². The molecule has 2 aromatic rings. The molecular weight excluding hydrogens is 254 g/mol. The summed E-state index contributed by atoms with van der Waals surface area (Å²) in [5.41, 5.74) is -0.375. The number of carbonyl (C=O) groups is 1. The Kier molecular flexibility index (Phi) is 4.12. The van der Waals surface area contributed by atoms with Crippen molar-refractivity contribution < 1.29 is 4.79 Å². The van der Waals surface area contributed by atoms with Crippen LogP contribution < -0.4 is 5.32 Å². The monoisotopic (exact) mass is 273 g/mol. The molecule has 0 fully saturated rings. The zero-order chi connectivity index (χ0) is 14.6. The molecule has 0 atom stereocenters. The quantitative estimate of drug-likeness (QED) is 0.916. The Labute approximate surface area is 118 Å². The maximum Gasteiger partial charge on any atom is 0.225 e. The third-order valence-electron chi connectivity index (χ3n) is 2.80. The van der Waals surface area contributed by atoms with Gasteiger partial charge in [-0.15, -0.1) is 0 Å². The van der Waals surface area contributed by atoms with Crippen molar-refractivity contribution in [2.45, 2.75) is 27.3 Å². The van der Waals surface area contributed by atoms with Gasteiger partial charge in [0.05, 0.1) is 0 Å². The van der Waals surface area contributed by atoms with Gasteiger partial charge in [-0.05, 0) is 6.07 Å². The molecule has 6 nitrogen and oxygen atoms in total. The van der Waals surface area contributed by atoms with Crippen LogP contribution in [-0.2, 0) is 11.3 Å². The fraction of sp³-hybridized carbons (Fsp3) is 0.429. The summed E-state index contributed by atoms with van der Waals surface area (Å²) in [4.78, 5) is 24.4. The second kappa shape index (κ2) is 5.81. The Hall–Kier alpha value is -2.24. The van der Waals surface area contributed by atoms with E-state index in [1.807, 2.05) is 31.5 Å². The van der Waals surface area contributed by atoms with Crippen molar-refractivity contribution in [3.8, 4) is 11.6 Å². The fourth-order valence-corrected chi connectivity index (χ4v) is 1.67. The number of carbonyl (C=O) groups excluding carboxylic acids is 1. The fourth-order valence-electron chi connectivity index (χ4n) is 1.67. The molecule has 0 spiro atoms. The predicted octanol–water partition coefficient (Wildman–Crippen LogP) is 1.50. The van der Waals surface area contributed by atoms with Crippen LogP contribution in [0.1, 0.15) is 20.8 Å². The molecular formula is C14H19N5O. The van der Waals surface area contributed by atoms with Gasteiger partial charge in [0.15, 0.2) is 11.6 Å². The molecule has 0 aliphatic heterocycles. The van der Waals surface area contributed by atoms with Gasteiger partial charge >= 0.3 is 0 Å². The van der Waals surface area contributed by atoms with E-state index in [1.165, 1.54) is 0 Å². The normalized spacial score (nSPS) is 11.3. The van der Waals surface area contributed by atoms with E-state index in [4.69, 9.17) is 0 Å². The summed E-state index contributed by atoms with van der Waals surface area (Å²) in [6.07, 6.45) is 6.93. The minimum atomic E-state index is -0.375. The van der Waals surface area contributed by atoms with Crippen LogP contribution in [-0.4, -0.2) is 32.0 Å². The van der Waals surface area contributed by atoms with Crippen molar-refractivity contribution in [3.63, 3.8) is 0 Å². The molecule has 6 heteroatoms. The molecule has 2 rings (SSSR count). The van der Waals surface area contributed by atoms with Gasteiger partial charge in [-0.3, -0.25) is 4.79 Å². The van der Waals surface area contributed by atoms with E-state index in [0.717, 1.165) is 0 Å². The predicted molar refractivity (Wildman–Crippen MR) is 75.7 cm³/mol. The molecule has 0 bridgehead atoms. The molecule has 0 saturated carbocycles. The van der Waals surface area contributed by atoms with E-state index >= 15 is 0 Å². The van der Waals surface area contributed by atoms with Crippen molar-refractivity contribution in [2.24, 2.45) is 5.41 Å². The van der Waals surface area contributed by atoms with Gasteiger partial charge in [0, 0.05) is 43.3 Å². The molecule has 0 aliphatic carbocycles. The van der Waals surface area contributed by atoms with E-state index in [2.05, 4.69) is 20.3 Å². The minimum Gasteiger partial charge on any atom is -0.354 e. The summed E-state index contributed by atoms with van der Waals surface area (Å²) >= 11 is 0. The second-order valence-electron chi connectivity index (χ2n) is 5.52. The molecule has 0 saturated heterocycles. The number of nitrogens with zero attached hydrogens (tertiary/aromatic N) is 4. The van der Waals surface area contributed by atoms with Crippen LogP contribution >= 0.6 is 0 Å². The number of hydrogen-bond donors (Lipinski definition) is 1. The smallest absolute Gasteiger partial charge is 0.225 e. The summed E-state index contributed by atoms with van der Waals surface area (Å²) in [5, 5.41) is 2.91. The van der Waals surface area contributed by atoms with Crippen molar-refractivity contribution in [3.05, 3.63) is 30.9 Å². The minimum absolute atomic E-state index is 0.0372. The molecule has 1 amide bonds. The number of rotatable bonds is 4. The Morgan fingerprint density at radius 2 is 1.90 bits per heavy atom. The number of hydrogen-bond acceptors (Lipinski definition) is 4. The molecule has 2 heterocycles. The SMILES string of the molecule is CC(C)(C)C(=O)NCCn1ccnc1-c1ncccn1. The molecule has 0 aliphatic rings. The van der Waals surface area contributed by atoms with E-state index in [-0.39, 0.29) is 11.3 Å². The van der Waals surface area contributed by atoms with Gasteiger partial charge in [-0.25, -0.2) is 15.0 Å². The lowest BCUT2D eigenvalue weighted by Crippen LogP contribution is -2.36. The summed E-state index contributed by atoms with van der Waals surface area (Å²) in [7, 11) is 0. The van der Waals surface area contributed by atoms with Crippen LogP contribution in [0, 0.1) is 5.41 Å². The summed E-state index contributed by atoms with van der Waals surface area (Å²) < 4.78 is 1.93. The molecule has 1 N–H and O–H groups in total. The van der Waals surface area contributed by atoms with Gasteiger partial charge in [0.1, 0.15) is 0 Å². The lowest BCUT2D eigenvalue weighted by molar-refractivity contribution is -0.128. The Morgan fingerprint density at radius 3 is 2.55 bits per heavy atom. The number of nitrogens with one attached hydrogen (secondary N) is 1. The molecule has 0 aromatic carbocycles. The lowest BCUT2D eigenvalue weighted by atomic mass is 9.96. The van der Waals surface area contributed by atoms with Gasteiger partial charge in [0.25, 0.3) is 0 Å². The standard InChI is InChI=1S/C14H19N5O/c1-14(2,3)13(20)18-8-10-19-9-7-17-12(19)11-15-5-4-6-16-11/h4-7,9H,8,10H2,1-3H3,(H,18,20). The first kappa shape index (κ1) is 14.2. The average Bonchev–Trinajstić information content (AvgIpc) is 2.87. The van der Waals surface area contributed by atoms with Gasteiger partial charge < -0.3 is 9.88 Å². The average molecular weight is 273 g/mol. The Balaban J connectivity index is 1.99. The van der Waals surface area contributed by atoms with Crippen molar-refractivity contribution in [1.29, 1.82) is 0 Å². The first-order valence-electron chi connectivity index (χ1n) is 6.55. The summed E-state index contributed by atoms with van der Waals surface area (Å²) in [5.74, 6) is 1.32. The summed E-state index contributed by atoms with van der Waals surface area (Å²) in [6.45, 7) is 6.86. The molecule has 0 radical (unpaired) electrons. The maximum absolute atomic E-state index is 11.8. The molecule has 106 valence electrons. The van der Waals surface area contributed by atoms with E-state index in [9.17, 15) is 4.79 Å². The maximum atomic E-state index is 11.8. The highest BCUT2D eigenvalue weighted by molar-refractivity contribution is 5.81. The van der Waals surface area contributed by atoms with Crippen LogP contribution in [0.15, 0.2) is 30.9 Å². The lowest BCUT2D eigenvalue weighted by Gasteiger charge is -2.17. The molecule has 2 aromatic heterocycles. The highest BCUT2D eigenvalue weighted by Gasteiger charge is 2.20. The zero-order valence-corrected chi connectivity index (χ0v) is 12.0. The van der Waals surface area contributed by atoms with Gasteiger partial charge in [-0.2, -0.15) is 0 Å². The Morgan fingerprint density at radius 1 is 1.20 bits per heavy atom. The largest absolute Gasteiger partial charge is 0.354 e. The second-order valence-corrected chi connectivity index (χ2v) is 5.52. The number of amides is 1. The zero-order valence-electron chi connectivity index (χ0n) is 12.0. The van der Waals surface area contributed by atoms with Crippen LogP contribution in [0.25, 0.3) is 11.6 Å². The summed E-state index contributed by atoms with van der Waals surface area (Å²) in [6, 6.07) is 1.76. The van der Waals surface area contributed by atoms with E-state index in [0.29, 0.717) is 24.7 Å². The Bertz CT molecular complexity index is 571. The third-order valence-corrected chi connectivity index (χ3v) is 2.80. The van der Waals surface area contributed by atoms with Crippen LogP contribution in [0.5, 0.6) is 0 Å². The topological polar surface area (TPSA) is 72.7 Å². The van der Waals surface area contributed by atoms with Crippen LogP contribution in [0.3, 0.4) is 0 Å². The number of imidazole rings is 1. The number of aromatic nitrogens is 4. The van der Waals surface area contributed by atoms with Crippen molar-refractivity contribution in [2.75, 3.05) is 6.54 Å². The molecule has 0 unspecified atom stereocenters. The first-order valence-corrected chi connectivity index (χ1v) is 6.55. The first-order chi connectivity index (χ1) is 9.48. The van der Waals surface area contributed by atoms with Gasteiger partial charge in [0.2, 0.25) is 5.91 Å². The highest BCUT2D eigenvalue weighted by Crippen LogP contribution is 2.13. The van der Waals surface area contributed by atoms with E-state index in [1.54, 1.807) is 24.7 Å². The van der Waals surface area contributed by atoms with E-state index < -0.39 is 0 Å². The molecule has 20 heavy (non-hydrogen) atoms. The van der Waals surface area contributed by atoms with Crippen molar-refractivity contribution >= 4 is 5.91 Å². The third kappa shape index (κ3) is 3.40.